The first-order chi connectivity index (χ1) is 8.74. The lowest BCUT2D eigenvalue weighted by molar-refractivity contribution is 0.888. The number of thiazole rings is 1. The highest BCUT2D eigenvalue weighted by Gasteiger charge is 2.15. The van der Waals surface area contributed by atoms with E-state index in [2.05, 4.69) is 24.0 Å². The molecular formula is C11H16N4S3. The lowest BCUT2D eigenvalue weighted by Gasteiger charge is -1.94. The van der Waals surface area contributed by atoms with Gasteiger partial charge in [-0.15, -0.1) is 21.5 Å². The zero-order valence-electron chi connectivity index (χ0n) is 10.5. The first-order valence-electron chi connectivity index (χ1n) is 5.90. The van der Waals surface area contributed by atoms with Gasteiger partial charge in [-0.1, -0.05) is 31.6 Å². The van der Waals surface area contributed by atoms with Crippen molar-refractivity contribution in [1.29, 1.82) is 0 Å². The van der Waals surface area contributed by atoms with Crippen molar-refractivity contribution in [2.24, 2.45) is 0 Å². The Morgan fingerprint density at radius 2 is 2.06 bits per heavy atom. The average molecular weight is 300 g/mol. The first-order valence-corrected chi connectivity index (χ1v) is 8.69. The highest BCUT2D eigenvalue weighted by atomic mass is 32.2. The van der Waals surface area contributed by atoms with Crippen molar-refractivity contribution in [2.75, 3.05) is 11.5 Å². The van der Waals surface area contributed by atoms with Crippen LogP contribution in [0.25, 0.3) is 9.88 Å². The molecule has 0 spiro atoms. The number of thioether (sulfide) groups is 1. The summed E-state index contributed by atoms with van der Waals surface area (Å²) in [5.74, 6) is 2.09. The summed E-state index contributed by atoms with van der Waals surface area (Å²) in [6.45, 7) is 4.33. The van der Waals surface area contributed by atoms with Crippen LogP contribution in [0.4, 0.5) is 5.13 Å². The van der Waals surface area contributed by atoms with E-state index in [0.717, 1.165) is 39.9 Å². The maximum Gasteiger partial charge on any atom is 0.203 e. The van der Waals surface area contributed by atoms with Crippen LogP contribution in [0.1, 0.15) is 31.0 Å². The van der Waals surface area contributed by atoms with Gasteiger partial charge in [0, 0.05) is 5.75 Å². The number of anilines is 1. The van der Waals surface area contributed by atoms with Gasteiger partial charge in [-0.05, 0) is 12.2 Å². The van der Waals surface area contributed by atoms with Gasteiger partial charge in [-0.25, -0.2) is 4.98 Å². The fraction of sp³-hybridized carbons (Fsp3) is 0.545. The van der Waals surface area contributed by atoms with Gasteiger partial charge >= 0.3 is 0 Å². The minimum Gasteiger partial charge on any atom is -0.374 e. The van der Waals surface area contributed by atoms with Gasteiger partial charge in [-0.3, -0.25) is 0 Å². The van der Waals surface area contributed by atoms with Crippen molar-refractivity contribution in [1.82, 2.24) is 15.2 Å². The smallest absolute Gasteiger partial charge is 0.203 e. The highest BCUT2D eigenvalue weighted by molar-refractivity contribution is 7.98. The Morgan fingerprint density at radius 3 is 2.67 bits per heavy atom. The molecular weight excluding hydrogens is 284 g/mol. The van der Waals surface area contributed by atoms with Crippen LogP contribution in [0.15, 0.2) is 0 Å². The van der Waals surface area contributed by atoms with Gasteiger partial charge in [0.2, 0.25) is 5.13 Å². The first kappa shape index (κ1) is 13.8. The SMILES string of the molecule is CCCc1nc(CSCC)sc1-c1nnc(N)s1. The van der Waals surface area contributed by atoms with Gasteiger partial charge in [0.25, 0.3) is 0 Å². The number of nitrogens with zero attached hydrogens (tertiary/aromatic N) is 3. The van der Waals surface area contributed by atoms with Crippen LogP contribution in [0.2, 0.25) is 0 Å². The van der Waals surface area contributed by atoms with E-state index in [0.29, 0.717) is 5.13 Å². The second kappa shape index (κ2) is 6.49. The number of nitrogen functional groups attached to an aromatic ring is 1. The third-order valence-corrected chi connectivity index (χ3v) is 5.36. The zero-order valence-corrected chi connectivity index (χ0v) is 12.9. The van der Waals surface area contributed by atoms with E-state index in [9.17, 15) is 0 Å². The average Bonchev–Trinajstić information content (AvgIpc) is 2.93. The lowest BCUT2D eigenvalue weighted by atomic mass is 10.2. The van der Waals surface area contributed by atoms with Crippen LogP contribution >= 0.6 is 34.4 Å². The maximum atomic E-state index is 5.65. The minimum atomic E-state index is 0.519. The van der Waals surface area contributed by atoms with Crippen LogP contribution in [-0.2, 0) is 12.2 Å². The molecule has 0 aliphatic heterocycles. The van der Waals surface area contributed by atoms with E-state index in [1.807, 2.05) is 11.8 Å². The lowest BCUT2D eigenvalue weighted by Crippen LogP contribution is -1.88. The molecule has 2 N–H and O–H groups in total. The summed E-state index contributed by atoms with van der Waals surface area (Å²) in [6, 6.07) is 0. The van der Waals surface area contributed by atoms with Crippen molar-refractivity contribution in [2.45, 2.75) is 32.4 Å². The fourth-order valence-corrected chi connectivity index (χ4v) is 4.09. The molecule has 0 unspecified atom stereocenters. The molecule has 0 fully saturated rings. The van der Waals surface area contributed by atoms with Gasteiger partial charge < -0.3 is 5.73 Å². The number of aromatic nitrogens is 3. The molecule has 18 heavy (non-hydrogen) atoms. The molecule has 0 saturated carbocycles. The Morgan fingerprint density at radius 1 is 1.22 bits per heavy atom. The van der Waals surface area contributed by atoms with Crippen LogP contribution < -0.4 is 5.73 Å². The van der Waals surface area contributed by atoms with E-state index in [1.54, 1.807) is 11.3 Å². The normalized spacial score (nSPS) is 11.0. The second-order valence-corrected chi connectivity index (χ2v) is 7.08. The molecule has 0 bridgehead atoms. The third kappa shape index (κ3) is 3.21. The van der Waals surface area contributed by atoms with E-state index in [-0.39, 0.29) is 0 Å². The second-order valence-electron chi connectivity index (χ2n) is 3.72. The highest BCUT2D eigenvalue weighted by Crippen LogP contribution is 2.35. The van der Waals surface area contributed by atoms with E-state index in [1.165, 1.54) is 16.3 Å². The molecule has 0 aromatic carbocycles. The van der Waals surface area contributed by atoms with Crippen molar-refractivity contribution in [3.63, 3.8) is 0 Å². The predicted octanol–water partition coefficient (Wildman–Crippen LogP) is 3.45. The van der Waals surface area contributed by atoms with Crippen molar-refractivity contribution < 1.29 is 0 Å². The Balaban J connectivity index is 2.28. The molecule has 0 radical (unpaired) electrons. The summed E-state index contributed by atoms with van der Waals surface area (Å²) in [6.07, 6.45) is 2.08. The van der Waals surface area contributed by atoms with Gasteiger partial charge in [0.1, 0.15) is 5.01 Å². The van der Waals surface area contributed by atoms with E-state index < -0.39 is 0 Å². The number of hydrogen-bond acceptors (Lipinski definition) is 7. The maximum absolute atomic E-state index is 5.65. The summed E-state index contributed by atoms with van der Waals surface area (Å²) in [5, 5.41) is 10.6. The van der Waals surface area contributed by atoms with E-state index in [4.69, 9.17) is 10.7 Å². The van der Waals surface area contributed by atoms with Gasteiger partial charge in [0.05, 0.1) is 10.6 Å². The summed E-state index contributed by atoms with van der Waals surface area (Å²) in [5.41, 5.74) is 6.80. The van der Waals surface area contributed by atoms with Crippen LogP contribution in [-0.4, -0.2) is 20.9 Å². The monoisotopic (exact) mass is 300 g/mol. The summed E-state index contributed by atoms with van der Waals surface area (Å²) >= 11 is 5.06. The molecule has 0 atom stereocenters. The quantitative estimate of drug-likeness (QED) is 0.885. The summed E-state index contributed by atoms with van der Waals surface area (Å²) < 4.78 is 0. The van der Waals surface area contributed by atoms with Crippen LogP contribution in [0, 0.1) is 0 Å². The van der Waals surface area contributed by atoms with Crippen LogP contribution in [0.5, 0.6) is 0 Å². The Kier molecular flexibility index (Phi) is 4.96. The fourth-order valence-electron chi connectivity index (χ4n) is 1.55. The van der Waals surface area contributed by atoms with Crippen LogP contribution in [0.3, 0.4) is 0 Å². The third-order valence-electron chi connectivity index (χ3n) is 2.29. The van der Waals surface area contributed by atoms with Gasteiger partial charge in [0.15, 0.2) is 5.01 Å². The summed E-state index contributed by atoms with van der Waals surface area (Å²) in [7, 11) is 0. The molecule has 0 amide bonds. The predicted molar refractivity (Wildman–Crippen MR) is 81.3 cm³/mol. The molecule has 2 aromatic heterocycles. The Labute approximate surface area is 119 Å². The number of rotatable bonds is 6. The topological polar surface area (TPSA) is 64.7 Å². The molecule has 0 saturated heterocycles. The molecule has 0 aliphatic rings. The Bertz CT molecular complexity index is 506. The van der Waals surface area contributed by atoms with E-state index >= 15 is 0 Å². The standard InChI is InChI=1S/C11H16N4S3/c1-3-5-7-9(10-14-15-11(12)18-10)17-8(13-7)6-16-4-2/h3-6H2,1-2H3,(H2,12,15). The number of aryl methyl sites for hydroxylation is 1. The molecule has 7 heteroatoms. The molecule has 4 nitrogen and oxygen atoms in total. The van der Waals surface area contributed by atoms with Crippen molar-refractivity contribution in [3.05, 3.63) is 10.7 Å². The number of hydrogen-bond donors (Lipinski definition) is 1. The Hall–Kier alpha value is -0.660. The number of nitrogens with two attached hydrogens (primary N) is 1. The molecule has 98 valence electrons. The minimum absolute atomic E-state index is 0.519. The molecule has 2 heterocycles. The molecule has 2 aromatic rings. The molecule has 0 aliphatic carbocycles. The van der Waals surface area contributed by atoms with Gasteiger partial charge in [-0.2, -0.15) is 11.8 Å². The zero-order chi connectivity index (χ0) is 13.0. The van der Waals surface area contributed by atoms with Crippen molar-refractivity contribution >= 4 is 39.6 Å². The summed E-state index contributed by atoms with van der Waals surface area (Å²) in [4.78, 5) is 5.87. The molecule has 2 rings (SSSR count). The largest absolute Gasteiger partial charge is 0.374 e. The van der Waals surface area contributed by atoms with Crippen molar-refractivity contribution in [3.8, 4) is 9.88 Å².